The Bertz CT molecular complexity index is 963. The fraction of sp³-hybridized carbons (Fsp3) is 0.700. The van der Waals surface area contributed by atoms with Crippen LogP contribution in [-0.4, -0.2) is 82.9 Å². The minimum atomic E-state index is -2.18. The van der Waals surface area contributed by atoms with E-state index in [1.165, 1.54) is 0 Å². The van der Waals surface area contributed by atoms with E-state index in [4.69, 9.17) is 4.74 Å². The summed E-state index contributed by atoms with van der Waals surface area (Å²) in [7, 11) is 0. The number of ketones is 2. The van der Waals surface area contributed by atoms with Crippen LogP contribution in [0.3, 0.4) is 0 Å². The lowest BCUT2D eigenvalue weighted by Crippen LogP contribution is -2.69. The number of hydrogen-bond donors (Lipinski definition) is 1. The van der Waals surface area contributed by atoms with Crippen molar-refractivity contribution in [3.8, 4) is 0 Å². The zero-order chi connectivity index (χ0) is 21.4. The zero-order valence-corrected chi connectivity index (χ0v) is 17.5. The Morgan fingerprint density at radius 3 is 2.71 bits per heavy atom. The van der Waals surface area contributed by atoms with Crippen LogP contribution in [0.2, 0.25) is 0 Å². The molecule has 1 N–H and O–H groups in total. The summed E-state index contributed by atoms with van der Waals surface area (Å²) in [5.74, 6) is -3.24. The standard InChI is InChI=1S/C20H23F3N4O3S/c21-14-12(26-5-3-24-4-6-26)8-9-7-10-19(22)25-31(23)20(10)27-11-1-2-13(28)16(29)17(11)30-18(14)15(9)27/h9-10,12,14-15,18,24H,1-8H2. The highest BCUT2D eigenvalue weighted by Crippen LogP contribution is 2.52. The average molecular weight is 456 g/mol. The largest absolute Gasteiger partial charge is 0.479 e. The van der Waals surface area contributed by atoms with Crippen LogP contribution in [0, 0.1) is 11.8 Å². The second kappa shape index (κ2) is 7.14. The third-order valence-corrected chi connectivity index (χ3v) is 8.68. The third kappa shape index (κ3) is 2.82. The molecule has 7 unspecified atom stereocenters. The topological polar surface area (TPSA) is 74.2 Å². The first-order valence-corrected chi connectivity index (χ1v) is 11.9. The van der Waals surface area contributed by atoms with Gasteiger partial charge in [-0.15, -0.1) is 3.89 Å². The number of nitrogens with one attached hydrogen (secondary N) is 1. The summed E-state index contributed by atoms with van der Waals surface area (Å²) in [4.78, 5) is 28.6. The highest BCUT2D eigenvalue weighted by atomic mass is 32.2. The van der Waals surface area contributed by atoms with Gasteiger partial charge in [0.25, 0.3) is 5.78 Å². The molecule has 0 aromatic heterocycles. The van der Waals surface area contributed by atoms with Crippen LogP contribution in [0.5, 0.6) is 0 Å². The molecule has 31 heavy (non-hydrogen) atoms. The van der Waals surface area contributed by atoms with Crippen molar-refractivity contribution in [1.82, 2.24) is 15.1 Å². The predicted molar refractivity (Wildman–Crippen MR) is 108 cm³/mol. The number of carbonyl (C=O) groups is 2. The number of hydrogen-bond acceptors (Lipinski definition) is 7. The van der Waals surface area contributed by atoms with E-state index in [0.29, 0.717) is 31.6 Å². The van der Waals surface area contributed by atoms with Gasteiger partial charge < -0.3 is 15.0 Å². The summed E-state index contributed by atoms with van der Waals surface area (Å²) in [5, 5.41) is 3.25. The van der Waals surface area contributed by atoms with Crippen molar-refractivity contribution in [3.05, 3.63) is 11.5 Å². The molecular weight excluding hydrogens is 433 g/mol. The molecule has 1 saturated carbocycles. The van der Waals surface area contributed by atoms with Crippen LogP contribution < -0.4 is 5.32 Å². The van der Waals surface area contributed by atoms with E-state index in [0.717, 1.165) is 13.1 Å². The molecule has 3 fully saturated rings. The van der Waals surface area contributed by atoms with Gasteiger partial charge in [0.2, 0.25) is 11.7 Å². The highest BCUT2D eigenvalue weighted by Gasteiger charge is 2.60. The van der Waals surface area contributed by atoms with Crippen LogP contribution in [-0.2, 0) is 14.3 Å². The molecule has 0 bridgehead atoms. The minimum Gasteiger partial charge on any atom is -0.479 e. The number of fused-ring (bicyclic) bond motifs is 3. The van der Waals surface area contributed by atoms with Crippen LogP contribution in [0.1, 0.15) is 25.7 Å². The predicted octanol–water partition coefficient (Wildman–Crippen LogP) is 1.43. The van der Waals surface area contributed by atoms with E-state index in [1.54, 1.807) is 4.90 Å². The van der Waals surface area contributed by atoms with Crippen molar-refractivity contribution >= 4 is 33.6 Å². The maximum atomic E-state index is 15.9. The second-order valence-corrected chi connectivity index (χ2v) is 10.1. The van der Waals surface area contributed by atoms with Gasteiger partial charge in [0.15, 0.2) is 18.0 Å². The SMILES string of the molecule is O=C1CCC2=C(OC3C(F)C(N4CCNCC4)CC4CC5C(F)=NS(F)=C5N2C43)C1=O. The molecular formula is C20H23F3N4O3S. The van der Waals surface area contributed by atoms with E-state index < -0.39 is 58.9 Å². The number of piperazine rings is 1. The van der Waals surface area contributed by atoms with Gasteiger partial charge >= 0.3 is 0 Å². The van der Waals surface area contributed by atoms with Crippen molar-refractivity contribution in [3.63, 3.8) is 0 Å². The quantitative estimate of drug-likeness (QED) is 0.476. The molecule has 2 saturated heterocycles. The first-order valence-electron chi connectivity index (χ1n) is 10.8. The number of rotatable bonds is 1. The molecule has 7 nitrogen and oxygen atoms in total. The van der Waals surface area contributed by atoms with Crippen LogP contribution >= 0.6 is 11.1 Å². The van der Waals surface area contributed by atoms with Gasteiger partial charge in [-0.2, -0.15) is 8.79 Å². The molecule has 0 aromatic carbocycles. The number of carbonyl (C=O) groups excluding carboxylic acids is 2. The van der Waals surface area contributed by atoms with E-state index in [9.17, 15) is 17.9 Å². The van der Waals surface area contributed by atoms with E-state index >= 15 is 4.39 Å². The van der Waals surface area contributed by atoms with Crippen LogP contribution in [0.4, 0.5) is 12.7 Å². The van der Waals surface area contributed by atoms with Gasteiger partial charge in [0.1, 0.15) is 16.0 Å². The molecule has 4 heterocycles. The Labute approximate surface area is 180 Å². The van der Waals surface area contributed by atoms with Crippen molar-refractivity contribution in [2.45, 2.75) is 50.0 Å². The van der Waals surface area contributed by atoms with E-state index in [1.807, 2.05) is 0 Å². The molecule has 2 aliphatic carbocycles. The summed E-state index contributed by atoms with van der Waals surface area (Å²) >= 11 is -2.18. The summed E-state index contributed by atoms with van der Waals surface area (Å²) in [6.07, 6.45) is -1.38. The van der Waals surface area contributed by atoms with Gasteiger partial charge in [0.05, 0.1) is 17.7 Å². The van der Waals surface area contributed by atoms with Gasteiger partial charge in [-0.1, -0.05) is 0 Å². The number of piperidine rings is 1. The Hall–Kier alpha value is -1.72. The first-order chi connectivity index (χ1) is 15.0. The Kier molecular flexibility index (Phi) is 4.59. The Morgan fingerprint density at radius 2 is 1.94 bits per heavy atom. The molecule has 0 radical (unpaired) electrons. The molecule has 7 atom stereocenters. The summed E-state index contributed by atoms with van der Waals surface area (Å²) in [5.41, 5.74) is 0.392. The zero-order valence-electron chi connectivity index (χ0n) is 16.7. The van der Waals surface area contributed by atoms with E-state index in [-0.39, 0.29) is 29.5 Å². The van der Waals surface area contributed by atoms with E-state index in [2.05, 4.69) is 14.6 Å². The minimum absolute atomic E-state index is 0.0105. The van der Waals surface area contributed by atoms with Gasteiger partial charge in [-0.3, -0.25) is 14.5 Å². The number of nitrogens with zero attached hydrogens (tertiary/aromatic N) is 3. The van der Waals surface area contributed by atoms with Crippen LogP contribution in [0.25, 0.3) is 0 Å². The number of ether oxygens (including phenoxy) is 1. The number of alkyl halides is 1. The Balaban J connectivity index is 1.46. The molecule has 6 rings (SSSR count). The maximum absolute atomic E-state index is 15.9. The number of Topliss-reactive ketones (excluding diaryl/α,β-unsaturated/α-hetero) is 2. The smallest absolute Gasteiger partial charge is 0.264 e. The molecule has 0 spiro atoms. The number of halogens is 3. The normalized spacial score (nSPS) is 42.7. The molecule has 0 amide bonds. The lowest BCUT2D eigenvalue weighted by atomic mass is 9.69. The average Bonchev–Trinajstić information content (AvgIpc) is 3.06. The molecule has 0 aromatic rings. The van der Waals surface area contributed by atoms with Gasteiger partial charge in [0, 0.05) is 38.6 Å². The summed E-state index contributed by atoms with van der Waals surface area (Å²) in [6, 6.07) is -0.953. The molecule has 168 valence electrons. The highest BCUT2D eigenvalue weighted by molar-refractivity contribution is 8.10. The maximum Gasteiger partial charge on any atom is 0.264 e. The second-order valence-electron chi connectivity index (χ2n) is 9.04. The van der Waals surface area contributed by atoms with Crippen molar-refractivity contribution in [1.29, 1.82) is 0 Å². The lowest BCUT2D eigenvalue weighted by molar-refractivity contribution is -0.147. The molecule has 4 aliphatic heterocycles. The van der Waals surface area contributed by atoms with Crippen molar-refractivity contribution in [2.24, 2.45) is 16.2 Å². The van der Waals surface area contributed by atoms with Gasteiger partial charge in [-0.05, 0) is 25.2 Å². The van der Waals surface area contributed by atoms with Crippen LogP contribution in [0.15, 0.2) is 15.9 Å². The fourth-order valence-electron chi connectivity index (χ4n) is 6.17. The molecule has 11 heteroatoms. The summed E-state index contributed by atoms with van der Waals surface area (Å²) in [6.45, 7) is 2.89. The third-order valence-electron chi connectivity index (χ3n) is 7.52. The monoisotopic (exact) mass is 456 g/mol. The van der Waals surface area contributed by atoms with Crippen molar-refractivity contribution < 1.29 is 27.0 Å². The lowest BCUT2D eigenvalue weighted by Gasteiger charge is -2.57. The number of allylic oxidation sites excluding steroid dienone is 2. The summed E-state index contributed by atoms with van der Waals surface area (Å²) < 4.78 is 54.9. The van der Waals surface area contributed by atoms with Crippen molar-refractivity contribution in [2.75, 3.05) is 26.2 Å². The molecule has 6 aliphatic rings. The Morgan fingerprint density at radius 1 is 1.16 bits per heavy atom. The van der Waals surface area contributed by atoms with Gasteiger partial charge in [-0.25, -0.2) is 4.39 Å². The fourth-order valence-corrected chi connectivity index (χ4v) is 7.36. The first kappa shape index (κ1) is 19.9.